The van der Waals surface area contributed by atoms with E-state index in [2.05, 4.69) is 0 Å². The normalized spacial score (nSPS) is 23.5. The number of carbonyl (C=O) groups is 3. The van der Waals surface area contributed by atoms with Gasteiger partial charge in [0.25, 0.3) is 0 Å². The molecular weight excluding hydrogens is 308 g/mol. The molecule has 5 heteroatoms. The SMILES string of the molecule is COc1ccc(C2C(C(C)=O)C(=O)C=C(C)C2C(C)=O)cc1OC. The Bertz CT molecular complexity index is 716. The number of Topliss-reactive ketones (excluding diaryl/α,β-unsaturated/α-hetero) is 2. The molecule has 24 heavy (non-hydrogen) atoms. The smallest absolute Gasteiger partial charge is 0.166 e. The van der Waals surface area contributed by atoms with Gasteiger partial charge in [-0.05, 0) is 44.5 Å². The van der Waals surface area contributed by atoms with Crippen molar-refractivity contribution in [2.75, 3.05) is 14.2 Å². The first kappa shape index (κ1) is 17.9. The third-order valence-electron chi connectivity index (χ3n) is 4.55. The standard InChI is InChI=1S/C19H22O5/c1-10-8-14(22)18(12(3)21)19(17(10)11(2)20)13-6-7-15(23-4)16(9-13)24-5/h6-9,17-19H,1-5H3. The van der Waals surface area contributed by atoms with Gasteiger partial charge < -0.3 is 9.47 Å². The van der Waals surface area contributed by atoms with Crippen molar-refractivity contribution in [3.8, 4) is 11.5 Å². The highest BCUT2D eigenvalue weighted by Gasteiger charge is 2.43. The number of rotatable bonds is 5. The molecule has 0 aliphatic heterocycles. The Hall–Kier alpha value is -2.43. The van der Waals surface area contributed by atoms with E-state index >= 15 is 0 Å². The van der Waals surface area contributed by atoms with Crippen LogP contribution in [0, 0.1) is 11.8 Å². The molecule has 0 saturated heterocycles. The van der Waals surface area contributed by atoms with Gasteiger partial charge in [0.2, 0.25) is 0 Å². The molecule has 0 amide bonds. The van der Waals surface area contributed by atoms with Crippen LogP contribution in [0.1, 0.15) is 32.3 Å². The molecule has 1 aromatic carbocycles. The zero-order valence-electron chi connectivity index (χ0n) is 14.6. The molecule has 1 aliphatic rings. The Morgan fingerprint density at radius 1 is 0.958 bits per heavy atom. The quantitative estimate of drug-likeness (QED) is 0.776. The van der Waals surface area contributed by atoms with E-state index < -0.39 is 17.8 Å². The maximum absolute atomic E-state index is 12.4. The maximum Gasteiger partial charge on any atom is 0.166 e. The second-order valence-corrected chi connectivity index (χ2v) is 6.11. The van der Waals surface area contributed by atoms with Crippen molar-refractivity contribution in [2.45, 2.75) is 26.7 Å². The summed E-state index contributed by atoms with van der Waals surface area (Å²) in [6.07, 6.45) is 1.43. The molecule has 0 radical (unpaired) electrons. The first-order valence-electron chi connectivity index (χ1n) is 7.76. The van der Waals surface area contributed by atoms with Gasteiger partial charge in [0.1, 0.15) is 11.6 Å². The Kier molecular flexibility index (Phi) is 5.22. The molecule has 0 saturated carbocycles. The van der Waals surface area contributed by atoms with Crippen LogP contribution in [0.3, 0.4) is 0 Å². The van der Waals surface area contributed by atoms with E-state index in [0.717, 1.165) is 0 Å². The van der Waals surface area contributed by atoms with Crippen LogP contribution >= 0.6 is 0 Å². The Morgan fingerprint density at radius 3 is 2.04 bits per heavy atom. The van der Waals surface area contributed by atoms with Crippen molar-refractivity contribution in [1.82, 2.24) is 0 Å². The highest BCUT2D eigenvalue weighted by molar-refractivity contribution is 6.10. The average Bonchev–Trinajstić information content (AvgIpc) is 2.52. The van der Waals surface area contributed by atoms with E-state index in [1.165, 1.54) is 34.1 Å². The van der Waals surface area contributed by atoms with Crippen molar-refractivity contribution in [3.63, 3.8) is 0 Å². The molecule has 2 rings (SSSR count). The van der Waals surface area contributed by atoms with Gasteiger partial charge in [-0.1, -0.05) is 11.6 Å². The summed E-state index contributed by atoms with van der Waals surface area (Å²) in [5, 5.41) is 0. The fourth-order valence-corrected chi connectivity index (χ4v) is 3.53. The molecule has 0 spiro atoms. The second-order valence-electron chi connectivity index (χ2n) is 6.11. The molecule has 3 unspecified atom stereocenters. The molecule has 3 atom stereocenters. The summed E-state index contributed by atoms with van der Waals surface area (Å²) in [6, 6.07) is 5.24. The monoisotopic (exact) mass is 330 g/mol. The Morgan fingerprint density at radius 2 is 1.54 bits per heavy atom. The van der Waals surface area contributed by atoms with Crippen LogP contribution in [0.5, 0.6) is 11.5 Å². The fraction of sp³-hybridized carbons (Fsp3) is 0.421. The van der Waals surface area contributed by atoms with Crippen LogP contribution in [0.2, 0.25) is 0 Å². The van der Waals surface area contributed by atoms with Crippen LogP contribution in [0.15, 0.2) is 29.8 Å². The second kappa shape index (κ2) is 6.99. The van der Waals surface area contributed by atoms with Gasteiger partial charge in [-0.25, -0.2) is 0 Å². The minimum Gasteiger partial charge on any atom is -0.493 e. The lowest BCUT2D eigenvalue weighted by Crippen LogP contribution is -2.39. The first-order valence-corrected chi connectivity index (χ1v) is 7.76. The number of ketones is 3. The fourth-order valence-electron chi connectivity index (χ4n) is 3.53. The lowest BCUT2D eigenvalue weighted by Gasteiger charge is -2.34. The van der Waals surface area contributed by atoms with Crippen LogP contribution in [-0.4, -0.2) is 31.6 Å². The third kappa shape index (κ3) is 3.11. The number of hydrogen-bond acceptors (Lipinski definition) is 5. The van der Waals surface area contributed by atoms with E-state index in [0.29, 0.717) is 22.6 Å². The summed E-state index contributed by atoms with van der Waals surface area (Å²) < 4.78 is 10.6. The third-order valence-corrected chi connectivity index (χ3v) is 4.55. The molecule has 1 aliphatic carbocycles. The summed E-state index contributed by atoms with van der Waals surface area (Å²) in [7, 11) is 3.05. The summed E-state index contributed by atoms with van der Waals surface area (Å²) in [5.41, 5.74) is 1.40. The maximum atomic E-state index is 12.4. The molecule has 0 fully saturated rings. The molecule has 5 nitrogen and oxygen atoms in total. The van der Waals surface area contributed by atoms with Crippen molar-refractivity contribution >= 4 is 17.3 Å². The molecule has 0 N–H and O–H groups in total. The molecule has 0 bridgehead atoms. The zero-order valence-corrected chi connectivity index (χ0v) is 14.6. The summed E-state index contributed by atoms with van der Waals surface area (Å²) in [5.74, 6) is -1.41. The molecule has 128 valence electrons. The minimum atomic E-state index is -0.860. The van der Waals surface area contributed by atoms with Gasteiger partial charge in [0.15, 0.2) is 17.3 Å². The Balaban J connectivity index is 2.65. The summed E-state index contributed by atoms with van der Waals surface area (Å²) in [6.45, 7) is 4.64. The van der Waals surface area contributed by atoms with E-state index in [1.807, 2.05) is 0 Å². The highest BCUT2D eigenvalue weighted by Crippen LogP contribution is 2.43. The van der Waals surface area contributed by atoms with Gasteiger partial charge in [-0.2, -0.15) is 0 Å². The van der Waals surface area contributed by atoms with Crippen LogP contribution < -0.4 is 9.47 Å². The average molecular weight is 330 g/mol. The van der Waals surface area contributed by atoms with E-state index in [-0.39, 0.29) is 17.3 Å². The molecule has 0 aromatic heterocycles. The van der Waals surface area contributed by atoms with E-state index in [9.17, 15) is 14.4 Å². The van der Waals surface area contributed by atoms with Crippen LogP contribution in [-0.2, 0) is 14.4 Å². The number of carbonyl (C=O) groups excluding carboxylic acids is 3. The lowest BCUT2D eigenvalue weighted by molar-refractivity contribution is -0.132. The van der Waals surface area contributed by atoms with Crippen molar-refractivity contribution in [3.05, 3.63) is 35.4 Å². The number of benzene rings is 1. The number of methoxy groups -OCH3 is 2. The zero-order chi connectivity index (χ0) is 18.0. The number of ether oxygens (including phenoxy) is 2. The van der Waals surface area contributed by atoms with Gasteiger partial charge >= 0.3 is 0 Å². The topological polar surface area (TPSA) is 69.7 Å². The molecule has 1 aromatic rings. The van der Waals surface area contributed by atoms with Crippen molar-refractivity contribution in [2.24, 2.45) is 11.8 Å². The number of allylic oxidation sites excluding steroid dienone is 2. The van der Waals surface area contributed by atoms with E-state index in [4.69, 9.17) is 9.47 Å². The van der Waals surface area contributed by atoms with E-state index in [1.54, 1.807) is 25.1 Å². The van der Waals surface area contributed by atoms with Gasteiger partial charge in [0, 0.05) is 11.8 Å². The molecular formula is C19H22O5. The predicted octanol–water partition coefficient (Wildman–Crippen LogP) is 2.73. The summed E-state index contributed by atoms with van der Waals surface area (Å²) in [4.78, 5) is 36.8. The summed E-state index contributed by atoms with van der Waals surface area (Å²) >= 11 is 0. The number of hydrogen-bond donors (Lipinski definition) is 0. The predicted molar refractivity (Wildman–Crippen MR) is 89.4 cm³/mol. The largest absolute Gasteiger partial charge is 0.493 e. The first-order chi connectivity index (χ1) is 11.3. The minimum absolute atomic E-state index is 0.0673. The van der Waals surface area contributed by atoms with Crippen molar-refractivity contribution < 1.29 is 23.9 Å². The van der Waals surface area contributed by atoms with Crippen LogP contribution in [0.4, 0.5) is 0 Å². The van der Waals surface area contributed by atoms with Crippen molar-refractivity contribution in [1.29, 1.82) is 0 Å². The highest BCUT2D eigenvalue weighted by atomic mass is 16.5. The van der Waals surface area contributed by atoms with Crippen LogP contribution in [0.25, 0.3) is 0 Å². The lowest BCUT2D eigenvalue weighted by atomic mass is 9.66. The Labute approximate surface area is 141 Å². The van der Waals surface area contributed by atoms with Gasteiger partial charge in [-0.3, -0.25) is 14.4 Å². The van der Waals surface area contributed by atoms with Gasteiger partial charge in [-0.15, -0.1) is 0 Å². The molecule has 0 heterocycles. The van der Waals surface area contributed by atoms with Gasteiger partial charge in [0.05, 0.1) is 20.1 Å².